The van der Waals surface area contributed by atoms with Crippen LogP contribution in [0.4, 0.5) is 0 Å². The summed E-state index contributed by atoms with van der Waals surface area (Å²) in [6.07, 6.45) is 0.0303. The monoisotopic (exact) mass is 250 g/mol. The second-order valence-electron chi connectivity index (χ2n) is 3.31. The molecule has 0 saturated carbocycles. The van der Waals surface area contributed by atoms with Crippen LogP contribution in [0.1, 0.15) is 29.3 Å². The van der Waals surface area contributed by atoms with Gasteiger partial charge in [0.2, 0.25) is 0 Å². The molecule has 0 aliphatic heterocycles. The van der Waals surface area contributed by atoms with E-state index in [0.717, 1.165) is 0 Å². The summed E-state index contributed by atoms with van der Waals surface area (Å²) in [7, 11) is 1.31. The fourth-order valence-corrected chi connectivity index (χ4v) is 1.48. The molecule has 0 atom stereocenters. The molecular formula is C13H11ClO3. The molecule has 0 aliphatic carbocycles. The van der Waals surface area contributed by atoms with Crippen molar-refractivity contribution in [3.8, 4) is 11.8 Å². The maximum absolute atomic E-state index is 11.1. The summed E-state index contributed by atoms with van der Waals surface area (Å²) in [4.78, 5) is 22.0. The van der Waals surface area contributed by atoms with Gasteiger partial charge in [-0.05, 0) is 25.1 Å². The second-order valence-corrected chi connectivity index (χ2v) is 3.71. The molecule has 0 unspecified atom stereocenters. The average Bonchev–Trinajstić information content (AvgIpc) is 2.28. The molecule has 88 valence electrons. The van der Waals surface area contributed by atoms with Gasteiger partial charge < -0.3 is 4.74 Å². The number of ether oxygens (including phenoxy) is 1. The van der Waals surface area contributed by atoms with E-state index >= 15 is 0 Å². The van der Waals surface area contributed by atoms with Gasteiger partial charge in [-0.1, -0.05) is 23.4 Å². The van der Waals surface area contributed by atoms with E-state index in [9.17, 15) is 9.59 Å². The van der Waals surface area contributed by atoms with Crippen LogP contribution in [0.5, 0.6) is 0 Å². The number of halogens is 1. The van der Waals surface area contributed by atoms with E-state index < -0.39 is 0 Å². The van der Waals surface area contributed by atoms with Gasteiger partial charge in [0.1, 0.15) is 6.42 Å². The van der Waals surface area contributed by atoms with Gasteiger partial charge in [0.15, 0.2) is 5.78 Å². The molecule has 0 fully saturated rings. The number of esters is 1. The van der Waals surface area contributed by atoms with Crippen molar-refractivity contribution in [2.24, 2.45) is 0 Å². The summed E-state index contributed by atoms with van der Waals surface area (Å²) in [5.74, 6) is 4.95. The number of carbonyl (C=O) groups is 2. The molecule has 17 heavy (non-hydrogen) atoms. The molecule has 1 rings (SSSR count). The Morgan fingerprint density at radius 1 is 1.41 bits per heavy atom. The lowest BCUT2D eigenvalue weighted by Gasteiger charge is -1.99. The lowest BCUT2D eigenvalue weighted by atomic mass is 10.1. The Morgan fingerprint density at radius 3 is 2.65 bits per heavy atom. The number of Topliss-reactive ketones (excluding diaryl/α,β-unsaturated/α-hetero) is 1. The first-order chi connectivity index (χ1) is 8.04. The van der Waals surface area contributed by atoms with Crippen molar-refractivity contribution in [3.05, 3.63) is 34.3 Å². The molecule has 0 radical (unpaired) electrons. The molecule has 4 heteroatoms. The molecule has 1 aromatic carbocycles. The Bertz CT molecular complexity index is 509. The molecule has 0 spiro atoms. The summed E-state index contributed by atoms with van der Waals surface area (Å²) in [6.45, 7) is 1.45. The summed E-state index contributed by atoms with van der Waals surface area (Å²) in [5, 5.41) is 0.363. The van der Waals surface area contributed by atoms with Crippen LogP contribution < -0.4 is 0 Å². The Morgan fingerprint density at radius 2 is 2.12 bits per heavy atom. The van der Waals surface area contributed by atoms with Gasteiger partial charge in [-0.25, -0.2) is 0 Å². The molecule has 0 aliphatic rings. The van der Waals surface area contributed by atoms with E-state index in [1.807, 2.05) is 0 Å². The Balaban J connectivity index is 2.84. The number of hydrogen-bond acceptors (Lipinski definition) is 3. The second kappa shape index (κ2) is 6.07. The van der Waals surface area contributed by atoms with Gasteiger partial charge in [-0.3, -0.25) is 9.59 Å². The largest absolute Gasteiger partial charge is 0.468 e. The fraction of sp³-hybridized carbons (Fsp3) is 0.231. The zero-order valence-electron chi connectivity index (χ0n) is 9.54. The number of rotatable bonds is 2. The minimum absolute atomic E-state index is 0.0303. The summed E-state index contributed by atoms with van der Waals surface area (Å²) < 4.78 is 4.45. The van der Waals surface area contributed by atoms with Gasteiger partial charge in [0.05, 0.1) is 12.1 Å². The third kappa shape index (κ3) is 3.93. The number of benzene rings is 1. The fourth-order valence-electron chi connectivity index (χ4n) is 1.17. The van der Waals surface area contributed by atoms with Gasteiger partial charge in [-0.2, -0.15) is 0 Å². The van der Waals surface area contributed by atoms with Crippen LogP contribution >= 0.6 is 11.6 Å². The van der Waals surface area contributed by atoms with Crippen LogP contribution in [-0.2, 0) is 9.53 Å². The summed E-state index contributed by atoms with van der Waals surface area (Å²) in [6, 6.07) is 4.91. The highest BCUT2D eigenvalue weighted by atomic mass is 35.5. The number of carbonyl (C=O) groups excluding carboxylic acids is 2. The van der Waals surface area contributed by atoms with E-state index in [1.54, 1.807) is 18.2 Å². The summed E-state index contributed by atoms with van der Waals surface area (Å²) >= 11 is 5.91. The van der Waals surface area contributed by atoms with Gasteiger partial charge >= 0.3 is 5.97 Å². The predicted octanol–water partition coefficient (Wildman–Crippen LogP) is 2.46. The van der Waals surface area contributed by atoms with E-state index in [1.165, 1.54) is 14.0 Å². The van der Waals surface area contributed by atoms with Crippen LogP contribution in [0.3, 0.4) is 0 Å². The topological polar surface area (TPSA) is 43.4 Å². The Labute approximate surface area is 105 Å². The van der Waals surface area contributed by atoms with E-state index in [0.29, 0.717) is 16.1 Å². The minimum atomic E-state index is -0.385. The van der Waals surface area contributed by atoms with Crippen molar-refractivity contribution in [1.29, 1.82) is 0 Å². The van der Waals surface area contributed by atoms with Crippen molar-refractivity contribution in [1.82, 2.24) is 0 Å². The van der Waals surface area contributed by atoms with Crippen molar-refractivity contribution in [2.75, 3.05) is 7.11 Å². The van der Waals surface area contributed by atoms with E-state index in [4.69, 9.17) is 11.6 Å². The highest BCUT2D eigenvalue weighted by Crippen LogP contribution is 2.17. The molecular weight excluding hydrogens is 240 g/mol. The van der Waals surface area contributed by atoms with Crippen LogP contribution in [0.25, 0.3) is 0 Å². The van der Waals surface area contributed by atoms with Gasteiger partial charge in [0.25, 0.3) is 0 Å². The normalized spacial score (nSPS) is 9.12. The smallest absolute Gasteiger partial charge is 0.317 e. The maximum Gasteiger partial charge on any atom is 0.317 e. The zero-order valence-corrected chi connectivity index (χ0v) is 10.3. The molecule has 1 aromatic rings. The van der Waals surface area contributed by atoms with E-state index in [2.05, 4.69) is 16.6 Å². The first-order valence-electron chi connectivity index (χ1n) is 4.90. The quantitative estimate of drug-likeness (QED) is 0.460. The van der Waals surface area contributed by atoms with Crippen molar-refractivity contribution in [2.45, 2.75) is 13.3 Å². The van der Waals surface area contributed by atoms with Crippen LogP contribution in [0.15, 0.2) is 18.2 Å². The molecule has 0 heterocycles. The van der Waals surface area contributed by atoms with Gasteiger partial charge in [-0.15, -0.1) is 0 Å². The Kier molecular flexibility index (Phi) is 4.74. The predicted molar refractivity (Wildman–Crippen MR) is 65.0 cm³/mol. The lowest BCUT2D eigenvalue weighted by molar-refractivity contribution is -0.139. The van der Waals surface area contributed by atoms with Crippen molar-refractivity contribution < 1.29 is 14.3 Å². The third-order valence-electron chi connectivity index (χ3n) is 2.04. The van der Waals surface area contributed by atoms with Crippen molar-refractivity contribution in [3.63, 3.8) is 0 Å². The lowest BCUT2D eigenvalue weighted by Crippen LogP contribution is -1.97. The van der Waals surface area contributed by atoms with Crippen LogP contribution in [0, 0.1) is 11.8 Å². The van der Waals surface area contributed by atoms with Crippen molar-refractivity contribution >= 4 is 23.4 Å². The maximum atomic E-state index is 11.1. The highest BCUT2D eigenvalue weighted by molar-refractivity contribution is 6.33. The molecule has 0 amide bonds. The number of hydrogen-bond donors (Lipinski definition) is 0. The first-order valence-corrected chi connectivity index (χ1v) is 5.28. The molecule has 0 bridgehead atoms. The van der Waals surface area contributed by atoms with Gasteiger partial charge in [0, 0.05) is 11.1 Å². The minimum Gasteiger partial charge on any atom is -0.468 e. The van der Waals surface area contributed by atoms with E-state index in [-0.39, 0.29) is 18.2 Å². The first kappa shape index (κ1) is 13.3. The summed E-state index contributed by atoms with van der Waals surface area (Å²) in [5.41, 5.74) is 1.12. The average molecular weight is 251 g/mol. The number of ketones is 1. The third-order valence-corrected chi connectivity index (χ3v) is 2.35. The molecule has 0 saturated heterocycles. The zero-order chi connectivity index (χ0) is 12.8. The standard InChI is InChI=1S/C13H11ClO3/c1-9(15)11-7-6-10(8-12(11)14)4-3-5-13(16)17-2/h6-8H,5H2,1-2H3. The highest BCUT2D eigenvalue weighted by Gasteiger charge is 2.04. The molecule has 0 aromatic heterocycles. The number of methoxy groups -OCH3 is 1. The Hall–Kier alpha value is -1.79. The van der Waals surface area contributed by atoms with Crippen LogP contribution in [-0.4, -0.2) is 18.9 Å². The van der Waals surface area contributed by atoms with Crippen LogP contribution in [0.2, 0.25) is 5.02 Å². The molecule has 0 N–H and O–H groups in total. The molecule has 3 nitrogen and oxygen atoms in total. The SMILES string of the molecule is COC(=O)CC#Cc1ccc(C(C)=O)c(Cl)c1.